The average molecular weight is 364 g/mol. The molecule has 1 heterocycles. The van der Waals surface area contributed by atoms with E-state index in [-0.39, 0.29) is 6.17 Å². The number of rotatable bonds is 17. The fourth-order valence-corrected chi connectivity index (χ4v) is 3.82. The highest BCUT2D eigenvalue weighted by atomic mass is 15.3. The summed E-state index contributed by atoms with van der Waals surface area (Å²) in [6.07, 6.45) is 25.3. The van der Waals surface area contributed by atoms with Gasteiger partial charge in [0.2, 0.25) is 0 Å². The van der Waals surface area contributed by atoms with Crippen molar-refractivity contribution in [1.82, 2.24) is 4.90 Å². The fourth-order valence-electron chi connectivity index (χ4n) is 3.82. The number of unbranched alkanes of at least 4 members (excludes halogenated alkanes) is 13. The van der Waals surface area contributed by atoms with Crippen molar-refractivity contribution in [2.75, 3.05) is 13.1 Å². The lowest BCUT2D eigenvalue weighted by atomic mass is 10.0. The molecule has 0 aromatic carbocycles. The molecule has 1 aliphatic heterocycles. The maximum absolute atomic E-state index is 5.99. The first-order chi connectivity index (χ1) is 12.8. The second kappa shape index (κ2) is 16.4. The maximum atomic E-state index is 5.99. The Labute approximate surface area is 163 Å². The van der Waals surface area contributed by atoms with Crippen LogP contribution >= 0.6 is 0 Å². The average Bonchev–Trinajstić information content (AvgIpc) is 3.10. The summed E-state index contributed by atoms with van der Waals surface area (Å²) in [5.74, 6) is 1.25. The van der Waals surface area contributed by atoms with Crippen molar-refractivity contribution in [3.8, 4) is 0 Å². The molecule has 0 radical (unpaired) electrons. The minimum absolute atomic E-state index is 0.120. The fraction of sp³-hybridized carbons (Fsp3) is 0.870. The zero-order chi connectivity index (χ0) is 18.9. The Bertz CT molecular complexity index is 374. The summed E-state index contributed by atoms with van der Waals surface area (Å²) in [6.45, 7) is 6.13. The van der Waals surface area contributed by atoms with Crippen LogP contribution in [0.15, 0.2) is 17.1 Å². The smallest absolute Gasteiger partial charge is 0.100 e. The number of allylic oxidation sites excluding steroid dienone is 2. The van der Waals surface area contributed by atoms with Crippen molar-refractivity contribution >= 4 is 5.84 Å². The van der Waals surface area contributed by atoms with E-state index < -0.39 is 0 Å². The van der Waals surface area contributed by atoms with Gasteiger partial charge in [0.15, 0.2) is 0 Å². The van der Waals surface area contributed by atoms with Crippen LogP contribution in [0.5, 0.6) is 0 Å². The van der Waals surface area contributed by atoms with Gasteiger partial charge in [0.25, 0.3) is 0 Å². The first-order valence-corrected chi connectivity index (χ1v) is 11.4. The molecule has 0 saturated heterocycles. The summed E-state index contributed by atoms with van der Waals surface area (Å²) in [5, 5.41) is 0. The van der Waals surface area contributed by atoms with Crippen LogP contribution in [0, 0.1) is 0 Å². The molecule has 1 aliphatic rings. The Morgan fingerprint density at radius 1 is 0.885 bits per heavy atom. The highest BCUT2D eigenvalue weighted by molar-refractivity contribution is 5.83. The third kappa shape index (κ3) is 11.7. The van der Waals surface area contributed by atoms with Gasteiger partial charge in [-0.2, -0.15) is 0 Å². The summed E-state index contributed by atoms with van der Waals surface area (Å²) < 4.78 is 0. The minimum Gasteiger partial charge on any atom is -0.343 e. The van der Waals surface area contributed by atoms with Crippen molar-refractivity contribution in [3.63, 3.8) is 0 Å². The Hall–Kier alpha value is -0.830. The second-order valence-corrected chi connectivity index (χ2v) is 7.94. The van der Waals surface area contributed by atoms with Crippen LogP contribution in [0.1, 0.15) is 110 Å². The van der Waals surface area contributed by atoms with Crippen LogP contribution in [0.25, 0.3) is 0 Å². The molecule has 0 amide bonds. The number of nitrogens with two attached hydrogens (primary N) is 1. The van der Waals surface area contributed by atoms with E-state index in [0.29, 0.717) is 0 Å². The summed E-state index contributed by atoms with van der Waals surface area (Å²) in [7, 11) is 0. The first kappa shape index (κ1) is 23.2. The van der Waals surface area contributed by atoms with E-state index in [0.717, 1.165) is 19.5 Å². The van der Waals surface area contributed by atoms with Gasteiger partial charge in [0, 0.05) is 13.0 Å². The second-order valence-electron chi connectivity index (χ2n) is 7.94. The third-order valence-electron chi connectivity index (χ3n) is 5.47. The highest BCUT2D eigenvalue weighted by Crippen LogP contribution is 2.15. The van der Waals surface area contributed by atoms with Gasteiger partial charge < -0.3 is 10.6 Å². The lowest BCUT2D eigenvalue weighted by Crippen LogP contribution is -2.41. The quantitative estimate of drug-likeness (QED) is 0.239. The van der Waals surface area contributed by atoms with Gasteiger partial charge in [0.1, 0.15) is 5.84 Å². The van der Waals surface area contributed by atoms with Gasteiger partial charge in [-0.05, 0) is 33.1 Å². The molecule has 1 unspecified atom stereocenters. The number of hydrogen-bond donors (Lipinski definition) is 1. The van der Waals surface area contributed by atoms with Gasteiger partial charge in [-0.15, -0.1) is 0 Å². The Morgan fingerprint density at radius 2 is 1.38 bits per heavy atom. The summed E-state index contributed by atoms with van der Waals surface area (Å²) in [4.78, 5) is 6.87. The van der Waals surface area contributed by atoms with Gasteiger partial charge >= 0.3 is 0 Å². The van der Waals surface area contributed by atoms with Gasteiger partial charge in [0.05, 0.1) is 12.7 Å². The van der Waals surface area contributed by atoms with Crippen LogP contribution in [-0.4, -0.2) is 30.0 Å². The number of nitrogens with zero attached hydrogens (tertiary/aromatic N) is 2. The molecule has 0 bridgehead atoms. The lowest BCUT2D eigenvalue weighted by molar-refractivity contribution is 0.358. The zero-order valence-electron chi connectivity index (χ0n) is 17.7. The molecular weight excluding hydrogens is 318 g/mol. The molecule has 0 aliphatic carbocycles. The van der Waals surface area contributed by atoms with Crippen LogP contribution < -0.4 is 5.73 Å². The maximum Gasteiger partial charge on any atom is 0.100 e. The van der Waals surface area contributed by atoms with E-state index in [1.165, 1.54) is 95.7 Å². The van der Waals surface area contributed by atoms with E-state index in [9.17, 15) is 0 Å². The van der Waals surface area contributed by atoms with Crippen molar-refractivity contribution in [2.24, 2.45) is 10.7 Å². The largest absolute Gasteiger partial charge is 0.343 e. The first-order valence-electron chi connectivity index (χ1n) is 11.4. The van der Waals surface area contributed by atoms with Crippen LogP contribution in [0.4, 0.5) is 0 Å². The predicted molar refractivity (Wildman–Crippen MR) is 117 cm³/mol. The summed E-state index contributed by atoms with van der Waals surface area (Å²) in [6, 6.07) is 0. The van der Waals surface area contributed by atoms with E-state index in [1.54, 1.807) is 0 Å². The van der Waals surface area contributed by atoms with E-state index in [1.807, 2.05) is 0 Å². The molecule has 3 nitrogen and oxygen atoms in total. The molecule has 3 heteroatoms. The van der Waals surface area contributed by atoms with Crippen molar-refractivity contribution in [2.45, 2.75) is 116 Å². The van der Waals surface area contributed by atoms with Crippen LogP contribution in [-0.2, 0) is 0 Å². The molecule has 1 rings (SSSR count). The Morgan fingerprint density at radius 3 is 1.88 bits per heavy atom. The molecule has 26 heavy (non-hydrogen) atoms. The van der Waals surface area contributed by atoms with Crippen molar-refractivity contribution in [1.29, 1.82) is 0 Å². The van der Waals surface area contributed by atoms with Crippen LogP contribution in [0.2, 0.25) is 0 Å². The number of aliphatic imine (C=N–C) groups is 1. The molecule has 0 fully saturated rings. The standard InChI is InChI=1S/C23H45N3/c1-3-4-5-6-7-8-9-10-11-12-13-14-15-16-17-18-19-23-25-20-21-26(23)22(2)24/h3-4,22H,5-21,24H2,1-2H3/b4-3+. The number of amidine groups is 1. The monoisotopic (exact) mass is 363 g/mol. The molecule has 0 spiro atoms. The normalized spacial score (nSPS) is 15.8. The molecule has 0 saturated carbocycles. The van der Waals surface area contributed by atoms with Gasteiger partial charge in [-0.25, -0.2) is 0 Å². The Kier molecular flexibility index (Phi) is 14.6. The van der Waals surface area contributed by atoms with Crippen LogP contribution in [0.3, 0.4) is 0 Å². The lowest BCUT2D eigenvalue weighted by Gasteiger charge is -2.24. The molecule has 0 aromatic rings. The van der Waals surface area contributed by atoms with E-state index in [4.69, 9.17) is 5.73 Å². The molecular formula is C23H45N3. The SMILES string of the molecule is C/C=C/CCCCCCCCCCCCCCCC1=NCCN1C(C)N. The van der Waals surface area contributed by atoms with Gasteiger partial charge in [-0.1, -0.05) is 82.8 Å². The predicted octanol–water partition coefficient (Wildman–Crippen LogP) is 6.43. The molecule has 2 N–H and O–H groups in total. The Balaban J connectivity index is 1.77. The topological polar surface area (TPSA) is 41.6 Å². The van der Waals surface area contributed by atoms with Crippen molar-refractivity contribution in [3.05, 3.63) is 12.2 Å². The molecule has 152 valence electrons. The third-order valence-corrected chi connectivity index (χ3v) is 5.47. The van der Waals surface area contributed by atoms with E-state index >= 15 is 0 Å². The molecule has 1 atom stereocenters. The van der Waals surface area contributed by atoms with Crippen molar-refractivity contribution < 1.29 is 0 Å². The summed E-state index contributed by atoms with van der Waals surface area (Å²) in [5.41, 5.74) is 5.99. The zero-order valence-corrected chi connectivity index (χ0v) is 17.7. The van der Waals surface area contributed by atoms with E-state index in [2.05, 4.69) is 35.9 Å². The number of hydrogen-bond acceptors (Lipinski definition) is 3. The molecule has 0 aromatic heterocycles. The summed E-state index contributed by atoms with van der Waals surface area (Å²) >= 11 is 0. The highest BCUT2D eigenvalue weighted by Gasteiger charge is 2.18. The van der Waals surface area contributed by atoms with Gasteiger partial charge in [-0.3, -0.25) is 4.99 Å². The minimum atomic E-state index is 0.120.